The second-order valence-corrected chi connectivity index (χ2v) is 8.19. The molecule has 8 heteroatoms. The molecule has 0 aliphatic carbocycles. The molecule has 3 heterocycles. The first-order valence-corrected chi connectivity index (χ1v) is 10.7. The molecule has 0 N–H and O–H groups in total. The van der Waals surface area contributed by atoms with Gasteiger partial charge < -0.3 is 14.4 Å². The number of carbonyl (C=O) groups excluding carboxylic acids is 1. The molecule has 0 radical (unpaired) electrons. The Balaban J connectivity index is 1.45. The molecule has 4 aromatic rings. The SMILES string of the molecule is C[C@H](C(=O)N1CCN(c2ccc(F)cc2)CC1)n1c2ccccc2c2cnn(C)c(=O)c21. The highest BCUT2D eigenvalue weighted by molar-refractivity contribution is 6.08. The second-order valence-electron chi connectivity index (χ2n) is 8.19. The molecule has 0 unspecified atom stereocenters. The number of nitrogens with zero attached hydrogens (tertiary/aromatic N) is 5. The molecule has 0 spiro atoms. The van der Waals surface area contributed by atoms with Crippen molar-refractivity contribution in [2.45, 2.75) is 13.0 Å². The summed E-state index contributed by atoms with van der Waals surface area (Å²) in [5, 5.41) is 5.84. The minimum absolute atomic E-state index is 0.0229. The summed E-state index contributed by atoms with van der Waals surface area (Å²) in [7, 11) is 1.62. The molecule has 2 aromatic heterocycles. The normalized spacial score (nSPS) is 15.5. The van der Waals surface area contributed by atoms with Crippen molar-refractivity contribution < 1.29 is 9.18 Å². The maximum absolute atomic E-state index is 13.5. The van der Waals surface area contributed by atoms with Crippen molar-refractivity contribution in [1.29, 1.82) is 0 Å². The third-order valence-corrected chi connectivity index (χ3v) is 6.33. The van der Waals surface area contributed by atoms with Gasteiger partial charge in [-0.15, -0.1) is 0 Å². The predicted octanol–water partition coefficient (Wildman–Crippen LogP) is 2.94. The fraction of sp³-hybridized carbons (Fsp3) is 0.292. The number of piperazine rings is 1. The van der Waals surface area contributed by atoms with Crippen molar-refractivity contribution >= 4 is 33.4 Å². The van der Waals surface area contributed by atoms with Gasteiger partial charge in [-0.05, 0) is 37.3 Å². The van der Waals surface area contributed by atoms with Crippen LogP contribution in [0, 0.1) is 5.82 Å². The second kappa shape index (κ2) is 7.78. The fourth-order valence-electron chi connectivity index (χ4n) is 4.60. The number of para-hydroxylation sites is 1. The van der Waals surface area contributed by atoms with Gasteiger partial charge in [-0.25, -0.2) is 9.07 Å². The zero-order valence-corrected chi connectivity index (χ0v) is 18.0. The zero-order chi connectivity index (χ0) is 22.4. The van der Waals surface area contributed by atoms with Gasteiger partial charge in [0.1, 0.15) is 17.4 Å². The number of amides is 1. The van der Waals surface area contributed by atoms with Gasteiger partial charge in [0.2, 0.25) is 5.91 Å². The number of benzene rings is 2. The Hall–Kier alpha value is -3.68. The number of aryl methyl sites for hydroxylation is 1. The van der Waals surface area contributed by atoms with Gasteiger partial charge in [0.15, 0.2) is 0 Å². The maximum atomic E-state index is 13.5. The van der Waals surface area contributed by atoms with Crippen LogP contribution in [0.3, 0.4) is 0 Å². The summed E-state index contributed by atoms with van der Waals surface area (Å²) < 4.78 is 16.4. The fourth-order valence-corrected chi connectivity index (χ4v) is 4.60. The molecule has 1 fully saturated rings. The maximum Gasteiger partial charge on any atom is 0.291 e. The summed E-state index contributed by atoms with van der Waals surface area (Å²) in [4.78, 5) is 30.4. The molecule has 5 rings (SSSR count). The molecule has 1 saturated heterocycles. The van der Waals surface area contributed by atoms with E-state index in [0.29, 0.717) is 31.7 Å². The largest absolute Gasteiger partial charge is 0.368 e. The molecule has 1 aliphatic heterocycles. The first-order chi connectivity index (χ1) is 15.5. The van der Waals surface area contributed by atoms with Gasteiger partial charge in [-0.2, -0.15) is 5.10 Å². The van der Waals surface area contributed by atoms with Crippen LogP contribution in [0.25, 0.3) is 21.8 Å². The van der Waals surface area contributed by atoms with E-state index < -0.39 is 6.04 Å². The number of carbonyl (C=O) groups is 1. The highest BCUT2D eigenvalue weighted by atomic mass is 19.1. The predicted molar refractivity (Wildman–Crippen MR) is 122 cm³/mol. The average molecular weight is 433 g/mol. The lowest BCUT2D eigenvalue weighted by atomic mass is 10.2. The third kappa shape index (κ3) is 3.23. The summed E-state index contributed by atoms with van der Waals surface area (Å²) in [6.45, 7) is 4.32. The lowest BCUT2D eigenvalue weighted by Crippen LogP contribution is -2.50. The van der Waals surface area contributed by atoms with Crippen molar-refractivity contribution in [3.05, 3.63) is 70.9 Å². The van der Waals surface area contributed by atoms with E-state index in [1.54, 1.807) is 25.4 Å². The van der Waals surface area contributed by atoms with E-state index in [0.717, 1.165) is 22.0 Å². The molecule has 1 atom stereocenters. The number of halogens is 1. The van der Waals surface area contributed by atoms with Gasteiger partial charge in [0.25, 0.3) is 5.56 Å². The van der Waals surface area contributed by atoms with Crippen LogP contribution in [-0.2, 0) is 11.8 Å². The van der Waals surface area contributed by atoms with E-state index in [1.807, 2.05) is 40.7 Å². The van der Waals surface area contributed by atoms with Gasteiger partial charge in [-0.1, -0.05) is 18.2 Å². The molecule has 1 aliphatic rings. The van der Waals surface area contributed by atoms with Gasteiger partial charge in [-0.3, -0.25) is 9.59 Å². The summed E-state index contributed by atoms with van der Waals surface area (Å²) in [5.41, 5.74) is 2.07. The molecule has 0 saturated carbocycles. The quantitative estimate of drug-likeness (QED) is 0.498. The number of hydrogen-bond donors (Lipinski definition) is 0. The van der Waals surface area contributed by atoms with Crippen molar-refractivity contribution in [1.82, 2.24) is 19.2 Å². The van der Waals surface area contributed by atoms with Crippen molar-refractivity contribution in [2.24, 2.45) is 7.05 Å². The Bertz CT molecular complexity index is 1370. The first kappa shape index (κ1) is 20.2. The van der Waals surface area contributed by atoms with Crippen LogP contribution < -0.4 is 10.5 Å². The standard InChI is InChI=1S/C24H24FN5O2/c1-16(23(31)29-13-11-28(12-14-29)18-9-7-17(25)8-10-18)30-21-6-4-3-5-19(21)20-15-26-27(2)24(32)22(20)30/h3-10,15-16H,11-14H2,1-2H3/t16-/m1/s1. The van der Waals surface area contributed by atoms with Crippen molar-refractivity contribution in [3.63, 3.8) is 0 Å². The molecule has 0 bridgehead atoms. The molecule has 32 heavy (non-hydrogen) atoms. The molecular weight excluding hydrogens is 409 g/mol. The van der Waals surface area contributed by atoms with Crippen molar-refractivity contribution in [3.8, 4) is 0 Å². The molecular formula is C24H24FN5O2. The Morgan fingerprint density at radius 1 is 1.00 bits per heavy atom. The number of rotatable bonds is 3. The minimum Gasteiger partial charge on any atom is -0.368 e. The molecule has 164 valence electrons. The van der Waals surface area contributed by atoms with Crippen molar-refractivity contribution in [2.75, 3.05) is 31.1 Å². The van der Waals surface area contributed by atoms with E-state index in [1.165, 1.54) is 16.8 Å². The highest BCUT2D eigenvalue weighted by Crippen LogP contribution is 2.30. The van der Waals surface area contributed by atoms with E-state index in [4.69, 9.17) is 0 Å². The Kier molecular flexibility index (Phi) is 4.92. The molecule has 2 aromatic carbocycles. The lowest BCUT2D eigenvalue weighted by Gasteiger charge is -2.37. The van der Waals surface area contributed by atoms with Crippen LogP contribution >= 0.6 is 0 Å². The van der Waals surface area contributed by atoms with Gasteiger partial charge in [0.05, 0.1) is 11.7 Å². The first-order valence-electron chi connectivity index (χ1n) is 10.7. The highest BCUT2D eigenvalue weighted by Gasteiger charge is 2.29. The molecule has 1 amide bonds. The van der Waals surface area contributed by atoms with Crippen LogP contribution in [0.5, 0.6) is 0 Å². The average Bonchev–Trinajstić information content (AvgIpc) is 3.16. The summed E-state index contributed by atoms with van der Waals surface area (Å²) >= 11 is 0. The van der Waals surface area contributed by atoms with E-state index in [9.17, 15) is 14.0 Å². The van der Waals surface area contributed by atoms with Gasteiger partial charge in [0, 0.05) is 49.7 Å². The number of anilines is 1. The Labute approximate surface area is 184 Å². The van der Waals surface area contributed by atoms with Gasteiger partial charge >= 0.3 is 0 Å². The van der Waals surface area contributed by atoms with Crippen LogP contribution in [-0.4, -0.2) is 51.3 Å². The molecule has 7 nitrogen and oxygen atoms in total. The minimum atomic E-state index is -0.537. The van der Waals surface area contributed by atoms with E-state index in [-0.39, 0.29) is 17.3 Å². The van der Waals surface area contributed by atoms with E-state index >= 15 is 0 Å². The smallest absolute Gasteiger partial charge is 0.291 e. The topological polar surface area (TPSA) is 63.4 Å². The Morgan fingerprint density at radius 3 is 2.41 bits per heavy atom. The number of hydrogen-bond acceptors (Lipinski definition) is 4. The summed E-state index contributed by atoms with van der Waals surface area (Å²) in [5.74, 6) is -0.283. The van der Waals surface area contributed by atoms with Crippen LogP contribution in [0.4, 0.5) is 10.1 Å². The number of fused-ring (bicyclic) bond motifs is 3. The summed E-state index contributed by atoms with van der Waals surface area (Å²) in [6, 6.07) is 13.6. The third-order valence-electron chi connectivity index (χ3n) is 6.33. The van der Waals surface area contributed by atoms with Crippen LogP contribution in [0.15, 0.2) is 59.5 Å². The summed E-state index contributed by atoms with van der Waals surface area (Å²) in [6.07, 6.45) is 1.69. The van der Waals surface area contributed by atoms with Crippen LogP contribution in [0.1, 0.15) is 13.0 Å². The lowest BCUT2D eigenvalue weighted by molar-refractivity contribution is -0.134. The monoisotopic (exact) mass is 433 g/mol. The van der Waals surface area contributed by atoms with Crippen LogP contribution in [0.2, 0.25) is 0 Å². The van der Waals surface area contributed by atoms with E-state index in [2.05, 4.69) is 10.00 Å². The Morgan fingerprint density at radius 2 is 1.69 bits per heavy atom. The number of aromatic nitrogens is 3. The zero-order valence-electron chi connectivity index (χ0n) is 18.0.